The van der Waals surface area contributed by atoms with Gasteiger partial charge in [-0.2, -0.15) is 18.3 Å². The number of carbonyl (C=O) groups excluding carboxylic acids is 1. The third kappa shape index (κ3) is 4.99. The molecule has 2 aromatic carbocycles. The molecule has 0 bridgehead atoms. The number of nitrogens with one attached hydrogen (secondary N) is 2. The third-order valence-corrected chi connectivity index (χ3v) is 4.61. The monoisotopic (exact) mass is 452 g/mol. The summed E-state index contributed by atoms with van der Waals surface area (Å²) in [5, 5.41) is 17.5. The number of alkyl halides is 3. The zero-order valence-corrected chi connectivity index (χ0v) is 17.1. The van der Waals surface area contributed by atoms with Crippen LogP contribution in [0.3, 0.4) is 0 Å². The fourth-order valence-corrected chi connectivity index (χ4v) is 3.06. The fraction of sp³-hybridized carbons (Fsp3) is 0.238. The number of hydrogen-bond acceptors (Lipinski definition) is 4. The Morgan fingerprint density at radius 2 is 1.97 bits per heavy atom. The number of aryl methyl sites for hydroxylation is 1. The Morgan fingerprint density at radius 1 is 1.22 bits per heavy atom. The number of para-hydroxylation sites is 1. The number of aliphatic hydroxyl groups excluding tert-OH is 1. The van der Waals surface area contributed by atoms with Gasteiger partial charge in [0, 0.05) is 11.3 Å². The Kier molecular flexibility index (Phi) is 6.68. The summed E-state index contributed by atoms with van der Waals surface area (Å²) in [6.45, 7) is 0.943. The highest BCUT2D eigenvalue weighted by Crippen LogP contribution is 2.32. The van der Waals surface area contributed by atoms with Gasteiger partial charge in [-0.15, -0.1) is 0 Å². The van der Waals surface area contributed by atoms with Crippen molar-refractivity contribution in [3.05, 3.63) is 70.8 Å². The van der Waals surface area contributed by atoms with Crippen LogP contribution in [0.1, 0.15) is 22.5 Å². The second-order valence-electron chi connectivity index (χ2n) is 6.83. The highest BCUT2D eigenvalue weighted by molar-refractivity contribution is 5.89. The van der Waals surface area contributed by atoms with Gasteiger partial charge in [0.1, 0.15) is 17.3 Å². The van der Waals surface area contributed by atoms with E-state index in [1.807, 2.05) is 0 Å². The molecule has 3 rings (SSSR count). The highest BCUT2D eigenvalue weighted by atomic mass is 19.4. The molecule has 2 amide bonds. The second-order valence-corrected chi connectivity index (χ2v) is 6.83. The van der Waals surface area contributed by atoms with E-state index in [1.165, 1.54) is 19.2 Å². The SMILES string of the molecule is COc1c(C)cccc1-n1nc(C(F)(F)F)cc1CNC(=O)Nc1ccc(CO)c(F)c1. The first kappa shape index (κ1) is 23.1. The number of nitrogens with zero attached hydrogens (tertiary/aromatic N) is 2. The summed E-state index contributed by atoms with van der Waals surface area (Å²) < 4.78 is 60.0. The minimum atomic E-state index is -4.69. The Morgan fingerprint density at radius 3 is 2.59 bits per heavy atom. The summed E-state index contributed by atoms with van der Waals surface area (Å²) in [4.78, 5) is 12.2. The number of benzene rings is 2. The van der Waals surface area contributed by atoms with Crippen LogP contribution in [0, 0.1) is 12.7 Å². The summed E-state index contributed by atoms with van der Waals surface area (Å²) in [5.41, 5.74) is 0.0766. The van der Waals surface area contributed by atoms with Crippen LogP contribution in [0.2, 0.25) is 0 Å². The summed E-state index contributed by atoms with van der Waals surface area (Å²) in [7, 11) is 1.40. The number of rotatable bonds is 6. The van der Waals surface area contributed by atoms with Crippen molar-refractivity contribution in [2.75, 3.05) is 12.4 Å². The lowest BCUT2D eigenvalue weighted by Gasteiger charge is -2.14. The van der Waals surface area contributed by atoms with Gasteiger partial charge >= 0.3 is 12.2 Å². The molecular formula is C21H20F4N4O3. The van der Waals surface area contributed by atoms with Gasteiger partial charge in [0.25, 0.3) is 0 Å². The van der Waals surface area contributed by atoms with E-state index in [4.69, 9.17) is 9.84 Å². The van der Waals surface area contributed by atoms with Crippen LogP contribution in [0.15, 0.2) is 42.5 Å². The zero-order valence-electron chi connectivity index (χ0n) is 17.1. The molecule has 0 unspecified atom stereocenters. The van der Waals surface area contributed by atoms with Gasteiger partial charge in [-0.1, -0.05) is 18.2 Å². The normalized spacial score (nSPS) is 11.3. The van der Waals surface area contributed by atoms with Gasteiger partial charge in [0.2, 0.25) is 0 Å². The van der Waals surface area contributed by atoms with Crippen molar-refractivity contribution in [3.63, 3.8) is 0 Å². The predicted molar refractivity (Wildman–Crippen MR) is 108 cm³/mol. The Labute approximate surface area is 180 Å². The first-order valence-corrected chi connectivity index (χ1v) is 9.38. The molecule has 0 atom stereocenters. The van der Waals surface area contributed by atoms with E-state index in [0.29, 0.717) is 11.3 Å². The summed E-state index contributed by atoms with van der Waals surface area (Å²) in [6, 6.07) is 8.72. The molecule has 0 saturated heterocycles. The van der Waals surface area contributed by atoms with Crippen molar-refractivity contribution < 1.29 is 32.2 Å². The lowest BCUT2D eigenvalue weighted by atomic mass is 10.2. The molecule has 170 valence electrons. The molecule has 11 heteroatoms. The topological polar surface area (TPSA) is 88.4 Å². The van der Waals surface area contributed by atoms with E-state index in [9.17, 15) is 22.4 Å². The maximum absolute atomic E-state index is 13.7. The van der Waals surface area contributed by atoms with E-state index >= 15 is 0 Å². The minimum absolute atomic E-state index is 0.0539. The number of hydrogen-bond donors (Lipinski definition) is 3. The molecule has 0 spiro atoms. The van der Waals surface area contributed by atoms with Gasteiger partial charge in [-0.3, -0.25) is 0 Å². The van der Waals surface area contributed by atoms with Gasteiger partial charge < -0.3 is 20.5 Å². The number of ether oxygens (including phenoxy) is 1. The zero-order chi connectivity index (χ0) is 23.5. The number of halogens is 4. The van der Waals surface area contributed by atoms with Crippen LogP contribution in [0.5, 0.6) is 5.75 Å². The molecule has 0 fully saturated rings. The summed E-state index contributed by atoms with van der Waals surface area (Å²) in [5.74, 6) is -0.362. The average molecular weight is 452 g/mol. The van der Waals surface area contributed by atoms with Crippen LogP contribution < -0.4 is 15.4 Å². The largest absolute Gasteiger partial charge is 0.494 e. The summed E-state index contributed by atoms with van der Waals surface area (Å²) >= 11 is 0. The van der Waals surface area contributed by atoms with Crippen LogP contribution >= 0.6 is 0 Å². The van der Waals surface area contributed by atoms with E-state index in [1.54, 1.807) is 25.1 Å². The molecule has 0 aliphatic carbocycles. The highest BCUT2D eigenvalue weighted by Gasteiger charge is 2.35. The van der Waals surface area contributed by atoms with Crippen molar-refractivity contribution in [2.45, 2.75) is 26.3 Å². The molecule has 0 radical (unpaired) electrons. The van der Waals surface area contributed by atoms with Crippen molar-refractivity contribution >= 4 is 11.7 Å². The van der Waals surface area contributed by atoms with E-state index in [0.717, 1.165) is 16.8 Å². The Hall–Kier alpha value is -3.60. The standard InChI is InChI=1S/C21H20F4N4O3/c1-12-4-3-5-17(19(12)32-2)29-15(9-18(28-29)21(23,24)25)10-26-20(31)27-14-7-6-13(11-30)16(22)8-14/h3-9,30H,10-11H2,1-2H3,(H2,26,27,31). The average Bonchev–Trinajstić information content (AvgIpc) is 3.17. The number of aliphatic hydroxyl groups is 1. The van der Waals surface area contributed by atoms with Crippen LogP contribution in [-0.4, -0.2) is 28.0 Å². The van der Waals surface area contributed by atoms with Crippen molar-refractivity contribution in [1.29, 1.82) is 0 Å². The third-order valence-electron chi connectivity index (χ3n) is 4.61. The van der Waals surface area contributed by atoms with E-state index in [-0.39, 0.29) is 29.2 Å². The number of anilines is 1. The van der Waals surface area contributed by atoms with E-state index < -0.39 is 30.3 Å². The number of carbonyl (C=O) groups is 1. The first-order chi connectivity index (χ1) is 15.1. The van der Waals surface area contributed by atoms with Crippen molar-refractivity contribution in [2.24, 2.45) is 0 Å². The molecule has 32 heavy (non-hydrogen) atoms. The fourth-order valence-electron chi connectivity index (χ4n) is 3.06. The maximum atomic E-state index is 13.7. The Balaban J connectivity index is 1.84. The van der Waals surface area contributed by atoms with E-state index in [2.05, 4.69) is 15.7 Å². The quantitative estimate of drug-likeness (QED) is 0.490. The van der Waals surface area contributed by atoms with Crippen molar-refractivity contribution in [3.8, 4) is 11.4 Å². The first-order valence-electron chi connectivity index (χ1n) is 9.38. The predicted octanol–water partition coefficient (Wildman–Crippen LogP) is 4.16. The Bertz CT molecular complexity index is 1130. The van der Waals surface area contributed by atoms with Gasteiger partial charge in [0.15, 0.2) is 5.69 Å². The second kappa shape index (κ2) is 9.27. The number of urea groups is 1. The maximum Gasteiger partial charge on any atom is 0.435 e. The molecule has 0 saturated carbocycles. The van der Waals surface area contributed by atoms with Gasteiger partial charge in [-0.25, -0.2) is 13.9 Å². The molecule has 0 aliphatic rings. The lowest BCUT2D eigenvalue weighted by Crippen LogP contribution is -2.29. The smallest absolute Gasteiger partial charge is 0.435 e. The minimum Gasteiger partial charge on any atom is -0.494 e. The number of aromatic nitrogens is 2. The molecule has 3 N–H and O–H groups in total. The number of methoxy groups -OCH3 is 1. The lowest BCUT2D eigenvalue weighted by molar-refractivity contribution is -0.141. The summed E-state index contributed by atoms with van der Waals surface area (Å²) in [6.07, 6.45) is -4.69. The molecule has 1 aromatic heterocycles. The van der Waals surface area contributed by atoms with Crippen LogP contribution in [0.4, 0.5) is 28.0 Å². The van der Waals surface area contributed by atoms with Crippen LogP contribution in [0.25, 0.3) is 5.69 Å². The van der Waals surface area contributed by atoms with Crippen LogP contribution in [-0.2, 0) is 19.3 Å². The molecule has 3 aromatic rings. The molecule has 0 aliphatic heterocycles. The molecule has 7 nitrogen and oxygen atoms in total. The molecular weight excluding hydrogens is 432 g/mol. The molecule has 1 heterocycles. The van der Waals surface area contributed by atoms with Gasteiger partial charge in [0.05, 0.1) is 26.0 Å². The number of amides is 2. The van der Waals surface area contributed by atoms with Crippen molar-refractivity contribution in [1.82, 2.24) is 15.1 Å². The van der Waals surface area contributed by atoms with Gasteiger partial charge in [-0.05, 0) is 36.8 Å².